The first kappa shape index (κ1) is 8.52. The van der Waals surface area contributed by atoms with Gasteiger partial charge in [0, 0.05) is 5.92 Å². The Morgan fingerprint density at radius 3 is 2.46 bits per heavy atom. The molecule has 0 saturated heterocycles. The fourth-order valence-corrected chi connectivity index (χ4v) is 2.05. The Bertz CT molecular complexity index is 302. The molecule has 1 nitrogen and oxygen atoms in total. The summed E-state index contributed by atoms with van der Waals surface area (Å²) in [6, 6.07) is 10.1. The Kier molecular flexibility index (Phi) is 2.19. The lowest BCUT2D eigenvalue weighted by molar-refractivity contribution is 0.169. The van der Waals surface area contributed by atoms with Crippen LogP contribution in [0, 0.1) is 0 Å². The average Bonchev–Trinajstić information content (AvgIpc) is 2.48. The van der Waals surface area contributed by atoms with E-state index in [9.17, 15) is 5.11 Å². The number of aliphatic hydroxyl groups excluding tert-OH is 1. The molecule has 1 aliphatic carbocycles. The molecule has 0 amide bonds. The molecule has 1 saturated carbocycles. The topological polar surface area (TPSA) is 20.2 Å². The van der Waals surface area contributed by atoms with E-state index in [2.05, 4.69) is 18.7 Å². The quantitative estimate of drug-likeness (QED) is 0.648. The normalized spacial score (nSPS) is 27.9. The van der Waals surface area contributed by atoms with Crippen LogP contribution in [0.15, 0.2) is 42.5 Å². The fourth-order valence-electron chi connectivity index (χ4n) is 2.05. The van der Waals surface area contributed by atoms with Gasteiger partial charge in [-0.1, -0.05) is 42.5 Å². The van der Waals surface area contributed by atoms with Gasteiger partial charge < -0.3 is 5.11 Å². The molecule has 0 aromatic heterocycles. The maximum atomic E-state index is 9.75. The first-order chi connectivity index (χ1) is 6.29. The summed E-state index contributed by atoms with van der Waals surface area (Å²) in [6.07, 6.45) is 1.59. The second kappa shape index (κ2) is 3.35. The minimum absolute atomic E-state index is 0.168. The zero-order chi connectivity index (χ0) is 9.26. The van der Waals surface area contributed by atoms with E-state index in [-0.39, 0.29) is 12.0 Å². The van der Waals surface area contributed by atoms with Gasteiger partial charge in [-0.25, -0.2) is 0 Å². The predicted molar refractivity (Wildman–Crippen MR) is 53.6 cm³/mol. The maximum absolute atomic E-state index is 9.75. The van der Waals surface area contributed by atoms with Crippen LogP contribution in [0.25, 0.3) is 0 Å². The van der Waals surface area contributed by atoms with Gasteiger partial charge in [-0.05, 0) is 18.4 Å². The third-order valence-electron chi connectivity index (χ3n) is 2.74. The number of hydrogen-bond acceptors (Lipinski definition) is 1. The van der Waals surface area contributed by atoms with Gasteiger partial charge in [0.05, 0.1) is 6.10 Å². The van der Waals surface area contributed by atoms with Crippen LogP contribution in [-0.4, -0.2) is 11.2 Å². The van der Waals surface area contributed by atoms with E-state index < -0.39 is 0 Å². The van der Waals surface area contributed by atoms with Gasteiger partial charge in [0.25, 0.3) is 0 Å². The van der Waals surface area contributed by atoms with Gasteiger partial charge in [0.2, 0.25) is 0 Å². The van der Waals surface area contributed by atoms with Crippen LogP contribution in [0.1, 0.15) is 24.3 Å². The summed E-state index contributed by atoms with van der Waals surface area (Å²) in [5.74, 6) is 0.168. The molecule has 13 heavy (non-hydrogen) atoms. The third kappa shape index (κ3) is 1.52. The summed E-state index contributed by atoms with van der Waals surface area (Å²) in [5, 5.41) is 9.75. The molecule has 0 aliphatic heterocycles. The van der Waals surface area contributed by atoms with Gasteiger partial charge in [-0.3, -0.25) is 0 Å². The lowest BCUT2D eigenvalue weighted by Crippen LogP contribution is -2.11. The lowest BCUT2D eigenvalue weighted by atomic mass is 9.93. The SMILES string of the molecule is C=C1CCC(O)C1c1ccccc1. The Morgan fingerprint density at radius 2 is 1.92 bits per heavy atom. The van der Waals surface area contributed by atoms with Crippen molar-refractivity contribution in [2.75, 3.05) is 0 Å². The van der Waals surface area contributed by atoms with Crippen molar-refractivity contribution in [3.05, 3.63) is 48.0 Å². The second-order valence-corrected chi connectivity index (χ2v) is 3.65. The number of aliphatic hydroxyl groups is 1. The van der Waals surface area contributed by atoms with Crippen LogP contribution in [-0.2, 0) is 0 Å². The van der Waals surface area contributed by atoms with Crippen LogP contribution in [0.3, 0.4) is 0 Å². The maximum Gasteiger partial charge on any atom is 0.0649 e. The Hall–Kier alpha value is -1.08. The number of benzene rings is 1. The van der Waals surface area contributed by atoms with Crippen LogP contribution < -0.4 is 0 Å². The highest BCUT2D eigenvalue weighted by Crippen LogP contribution is 2.37. The molecule has 2 unspecified atom stereocenters. The van der Waals surface area contributed by atoms with E-state index in [1.54, 1.807) is 0 Å². The molecule has 68 valence electrons. The van der Waals surface area contributed by atoms with Crippen LogP contribution in [0.2, 0.25) is 0 Å². The summed E-state index contributed by atoms with van der Waals surface area (Å²) in [5.41, 5.74) is 2.36. The van der Waals surface area contributed by atoms with Gasteiger partial charge in [-0.15, -0.1) is 0 Å². The molecule has 2 rings (SSSR count). The van der Waals surface area contributed by atoms with Crippen molar-refractivity contribution >= 4 is 0 Å². The number of rotatable bonds is 1. The average molecular weight is 174 g/mol. The molecule has 0 spiro atoms. The van der Waals surface area contributed by atoms with Crippen molar-refractivity contribution in [3.8, 4) is 0 Å². The van der Waals surface area contributed by atoms with Crippen molar-refractivity contribution in [1.82, 2.24) is 0 Å². The Labute approximate surface area is 78.7 Å². The third-order valence-corrected chi connectivity index (χ3v) is 2.74. The molecule has 1 aromatic rings. The largest absolute Gasteiger partial charge is 0.392 e. The van der Waals surface area contributed by atoms with Crippen LogP contribution in [0.5, 0.6) is 0 Å². The van der Waals surface area contributed by atoms with Gasteiger partial charge in [0.15, 0.2) is 0 Å². The van der Waals surface area contributed by atoms with Crippen molar-refractivity contribution in [3.63, 3.8) is 0 Å². The highest BCUT2D eigenvalue weighted by Gasteiger charge is 2.29. The standard InChI is InChI=1S/C12H14O/c1-9-7-8-11(13)12(9)10-5-3-2-4-6-10/h2-6,11-13H,1,7-8H2. The highest BCUT2D eigenvalue weighted by atomic mass is 16.3. The molecule has 1 fully saturated rings. The summed E-state index contributed by atoms with van der Waals surface area (Å²) < 4.78 is 0. The summed E-state index contributed by atoms with van der Waals surface area (Å²) in [6.45, 7) is 4.00. The molecule has 1 aliphatic rings. The molecular weight excluding hydrogens is 160 g/mol. The zero-order valence-corrected chi connectivity index (χ0v) is 7.61. The van der Waals surface area contributed by atoms with E-state index in [0.29, 0.717) is 0 Å². The van der Waals surface area contributed by atoms with E-state index in [4.69, 9.17) is 0 Å². The van der Waals surface area contributed by atoms with Crippen molar-refractivity contribution in [2.24, 2.45) is 0 Å². The lowest BCUT2D eigenvalue weighted by Gasteiger charge is -2.15. The van der Waals surface area contributed by atoms with E-state index in [1.165, 1.54) is 11.1 Å². The smallest absolute Gasteiger partial charge is 0.0649 e. The second-order valence-electron chi connectivity index (χ2n) is 3.65. The molecule has 0 radical (unpaired) electrons. The Balaban J connectivity index is 2.30. The molecular formula is C12H14O. The molecule has 0 bridgehead atoms. The first-order valence-electron chi connectivity index (χ1n) is 4.69. The molecule has 0 heterocycles. The molecule has 2 atom stereocenters. The van der Waals surface area contributed by atoms with Crippen molar-refractivity contribution < 1.29 is 5.11 Å². The Morgan fingerprint density at radius 1 is 1.23 bits per heavy atom. The summed E-state index contributed by atoms with van der Waals surface area (Å²) in [4.78, 5) is 0. The summed E-state index contributed by atoms with van der Waals surface area (Å²) in [7, 11) is 0. The van der Waals surface area contributed by atoms with Crippen LogP contribution in [0.4, 0.5) is 0 Å². The van der Waals surface area contributed by atoms with Gasteiger partial charge in [0.1, 0.15) is 0 Å². The first-order valence-corrected chi connectivity index (χ1v) is 4.69. The molecule has 1 aromatic carbocycles. The van der Waals surface area contributed by atoms with Gasteiger partial charge >= 0.3 is 0 Å². The van der Waals surface area contributed by atoms with Crippen molar-refractivity contribution in [2.45, 2.75) is 24.9 Å². The fraction of sp³-hybridized carbons (Fsp3) is 0.333. The van der Waals surface area contributed by atoms with E-state index in [0.717, 1.165) is 12.8 Å². The van der Waals surface area contributed by atoms with E-state index >= 15 is 0 Å². The number of hydrogen-bond donors (Lipinski definition) is 1. The minimum Gasteiger partial charge on any atom is -0.392 e. The summed E-state index contributed by atoms with van der Waals surface area (Å²) >= 11 is 0. The zero-order valence-electron chi connectivity index (χ0n) is 7.61. The highest BCUT2D eigenvalue weighted by molar-refractivity contribution is 5.31. The monoisotopic (exact) mass is 174 g/mol. The van der Waals surface area contributed by atoms with Gasteiger partial charge in [-0.2, -0.15) is 0 Å². The molecule has 1 heteroatoms. The van der Waals surface area contributed by atoms with Crippen LogP contribution >= 0.6 is 0 Å². The minimum atomic E-state index is -0.227. The van der Waals surface area contributed by atoms with Crippen molar-refractivity contribution in [1.29, 1.82) is 0 Å². The predicted octanol–water partition coefficient (Wildman–Crippen LogP) is 2.48. The molecule has 1 N–H and O–H groups in total. The van der Waals surface area contributed by atoms with E-state index in [1.807, 2.05) is 18.2 Å².